The molecule has 0 saturated heterocycles. The number of hydrogen-bond donors (Lipinski definition) is 0. The van der Waals surface area contributed by atoms with Crippen LogP contribution in [0.3, 0.4) is 0 Å². The van der Waals surface area contributed by atoms with Gasteiger partial charge < -0.3 is 4.74 Å². The maximum atomic E-state index is 13.4. The lowest BCUT2D eigenvalue weighted by Gasteiger charge is -2.25. The van der Waals surface area contributed by atoms with Crippen LogP contribution in [0.15, 0.2) is 18.2 Å². The minimum Gasteiger partial charge on any atom is -0.492 e. The fourth-order valence-corrected chi connectivity index (χ4v) is 2.59. The Kier molecular flexibility index (Phi) is 3.56. The van der Waals surface area contributed by atoms with Crippen LogP contribution < -0.4 is 4.74 Å². The summed E-state index contributed by atoms with van der Waals surface area (Å²) in [6, 6.07) is 4.00. The van der Waals surface area contributed by atoms with Gasteiger partial charge in [-0.05, 0) is 11.6 Å². The number of alkyl halides is 6. The van der Waals surface area contributed by atoms with Crippen molar-refractivity contribution >= 4 is 15.9 Å². The van der Waals surface area contributed by atoms with Crippen LogP contribution >= 0.6 is 15.9 Å². The zero-order valence-electron chi connectivity index (χ0n) is 10.7. The average molecular weight is 359 g/mol. The lowest BCUT2D eigenvalue weighted by atomic mass is 9.85. The Bertz CT molecular complexity index is 524. The summed E-state index contributed by atoms with van der Waals surface area (Å²) in [5.74, 6) is -4.32. The van der Waals surface area contributed by atoms with E-state index in [1.165, 1.54) is 18.2 Å². The smallest absolute Gasteiger partial charge is 0.454 e. The minimum absolute atomic E-state index is 0.121. The molecule has 0 aliphatic carbocycles. The lowest BCUT2D eigenvalue weighted by molar-refractivity contribution is -0.281. The van der Waals surface area contributed by atoms with Crippen molar-refractivity contribution < 1.29 is 26.7 Å². The van der Waals surface area contributed by atoms with Crippen LogP contribution in [0.1, 0.15) is 29.8 Å². The molecule has 0 saturated carbocycles. The zero-order valence-corrected chi connectivity index (χ0v) is 12.3. The van der Waals surface area contributed by atoms with E-state index in [1.807, 2.05) is 13.8 Å². The molecule has 1 aliphatic rings. The third-order valence-corrected chi connectivity index (χ3v) is 4.41. The zero-order chi connectivity index (χ0) is 15.3. The molecule has 1 aromatic carbocycles. The monoisotopic (exact) mass is 358 g/mol. The van der Waals surface area contributed by atoms with Gasteiger partial charge in [-0.2, -0.15) is 22.0 Å². The number of benzene rings is 1. The molecular formula is C13H12BrF5O. The van der Waals surface area contributed by atoms with Crippen molar-refractivity contribution in [2.45, 2.75) is 36.2 Å². The molecule has 0 fully saturated rings. The standard InChI is InChI=1S/C13H12BrF5O/c1-11(2)6-20-9-4-3-7(5-8(9)11)10(14)12(15,16)13(17,18)19/h3-5,10H,6H2,1-2H3. The largest absolute Gasteiger partial charge is 0.492 e. The molecule has 2 rings (SSSR count). The van der Waals surface area contributed by atoms with Crippen LogP contribution in [0, 0.1) is 0 Å². The quantitative estimate of drug-likeness (QED) is 0.534. The van der Waals surface area contributed by atoms with E-state index in [1.54, 1.807) is 0 Å². The predicted octanol–water partition coefficient (Wildman–Crippen LogP) is 4.99. The normalized spacial score (nSPS) is 19.4. The molecule has 1 nitrogen and oxygen atoms in total. The van der Waals surface area contributed by atoms with Gasteiger partial charge in [-0.1, -0.05) is 41.9 Å². The van der Waals surface area contributed by atoms with Crippen molar-refractivity contribution in [3.8, 4) is 5.75 Å². The second-order valence-electron chi connectivity index (χ2n) is 5.41. The molecule has 112 valence electrons. The predicted molar refractivity (Wildman–Crippen MR) is 67.6 cm³/mol. The van der Waals surface area contributed by atoms with Crippen molar-refractivity contribution in [1.82, 2.24) is 0 Å². The van der Waals surface area contributed by atoms with E-state index < -0.39 is 22.3 Å². The first-order valence-corrected chi connectivity index (χ1v) is 6.74. The highest BCUT2D eigenvalue weighted by Gasteiger charge is 2.62. The third kappa shape index (κ3) is 2.40. The summed E-state index contributed by atoms with van der Waals surface area (Å²) in [4.78, 5) is -2.13. The Morgan fingerprint density at radius 3 is 2.35 bits per heavy atom. The molecule has 20 heavy (non-hydrogen) atoms. The third-order valence-electron chi connectivity index (χ3n) is 3.31. The van der Waals surface area contributed by atoms with Gasteiger partial charge in [-0.3, -0.25) is 0 Å². The molecular weight excluding hydrogens is 347 g/mol. The Balaban J connectivity index is 2.41. The van der Waals surface area contributed by atoms with Gasteiger partial charge in [0.05, 0.1) is 6.61 Å². The number of ether oxygens (including phenoxy) is 1. The van der Waals surface area contributed by atoms with E-state index in [-0.39, 0.29) is 5.56 Å². The van der Waals surface area contributed by atoms with Gasteiger partial charge in [0.2, 0.25) is 0 Å². The Morgan fingerprint density at radius 1 is 1.20 bits per heavy atom. The number of rotatable bonds is 2. The summed E-state index contributed by atoms with van der Waals surface area (Å²) >= 11 is 2.48. The van der Waals surface area contributed by atoms with E-state index in [0.29, 0.717) is 17.9 Å². The van der Waals surface area contributed by atoms with Crippen molar-refractivity contribution in [2.75, 3.05) is 6.61 Å². The fraction of sp³-hybridized carbons (Fsp3) is 0.538. The molecule has 1 aliphatic heterocycles. The first kappa shape index (κ1) is 15.5. The van der Waals surface area contributed by atoms with Crippen LogP contribution in [-0.4, -0.2) is 18.7 Å². The minimum atomic E-state index is -5.60. The highest BCUT2D eigenvalue weighted by molar-refractivity contribution is 9.09. The molecule has 0 aromatic heterocycles. The molecule has 1 atom stereocenters. The maximum absolute atomic E-state index is 13.4. The van der Waals surface area contributed by atoms with Crippen molar-refractivity contribution in [2.24, 2.45) is 0 Å². The SMILES string of the molecule is CC1(C)COc2ccc(C(Br)C(F)(F)C(F)(F)F)cc21. The first-order chi connectivity index (χ1) is 8.97. The molecule has 7 heteroatoms. The van der Waals surface area contributed by atoms with Gasteiger partial charge in [0.15, 0.2) is 0 Å². The average Bonchev–Trinajstić information content (AvgIpc) is 2.63. The van der Waals surface area contributed by atoms with E-state index in [9.17, 15) is 22.0 Å². The summed E-state index contributed by atoms with van der Waals surface area (Å²) in [5.41, 5.74) is 0.105. The molecule has 0 N–H and O–H groups in total. The molecule has 1 unspecified atom stereocenters. The summed E-state index contributed by atoms with van der Waals surface area (Å²) < 4.78 is 69.3. The molecule has 0 radical (unpaired) electrons. The number of hydrogen-bond acceptors (Lipinski definition) is 1. The fourth-order valence-electron chi connectivity index (χ4n) is 2.05. The highest BCUT2D eigenvalue weighted by Crippen LogP contribution is 2.50. The molecule has 0 amide bonds. The first-order valence-electron chi connectivity index (χ1n) is 5.82. The molecule has 1 heterocycles. The van der Waals surface area contributed by atoms with Crippen molar-refractivity contribution in [3.05, 3.63) is 29.3 Å². The maximum Gasteiger partial charge on any atom is 0.454 e. The Labute approximate surface area is 121 Å². The van der Waals surface area contributed by atoms with E-state index in [2.05, 4.69) is 15.9 Å². The highest BCUT2D eigenvalue weighted by atomic mass is 79.9. The summed E-state index contributed by atoms with van der Waals surface area (Å²) in [7, 11) is 0. The topological polar surface area (TPSA) is 9.23 Å². The molecule has 0 spiro atoms. The summed E-state index contributed by atoms with van der Waals surface area (Å²) in [6.45, 7) is 4.05. The van der Waals surface area contributed by atoms with E-state index in [4.69, 9.17) is 4.74 Å². The summed E-state index contributed by atoms with van der Waals surface area (Å²) in [6.07, 6.45) is -5.60. The van der Waals surface area contributed by atoms with Gasteiger partial charge >= 0.3 is 12.1 Å². The van der Waals surface area contributed by atoms with E-state index >= 15 is 0 Å². The lowest BCUT2D eigenvalue weighted by Crippen LogP contribution is -2.40. The van der Waals surface area contributed by atoms with Gasteiger partial charge in [0, 0.05) is 11.0 Å². The van der Waals surface area contributed by atoms with E-state index in [0.717, 1.165) is 0 Å². The molecule has 1 aromatic rings. The van der Waals surface area contributed by atoms with Crippen LogP contribution in [-0.2, 0) is 5.41 Å². The van der Waals surface area contributed by atoms with Crippen LogP contribution in [0.4, 0.5) is 22.0 Å². The molecule has 0 bridgehead atoms. The Morgan fingerprint density at radius 2 is 1.80 bits per heavy atom. The van der Waals surface area contributed by atoms with Crippen molar-refractivity contribution in [3.63, 3.8) is 0 Å². The van der Waals surface area contributed by atoms with Crippen LogP contribution in [0.25, 0.3) is 0 Å². The van der Waals surface area contributed by atoms with Gasteiger partial charge in [0.1, 0.15) is 10.6 Å². The Hall–Kier alpha value is -0.850. The second kappa shape index (κ2) is 4.58. The van der Waals surface area contributed by atoms with Crippen molar-refractivity contribution in [1.29, 1.82) is 0 Å². The van der Waals surface area contributed by atoms with Gasteiger partial charge in [0.25, 0.3) is 0 Å². The number of fused-ring (bicyclic) bond motifs is 1. The number of halogens is 6. The van der Waals surface area contributed by atoms with Gasteiger partial charge in [-0.25, -0.2) is 0 Å². The van der Waals surface area contributed by atoms with Gasteiger partial charge in [-0.15, -0.1) is 0 Å². The van der Waals surface area contributed by atoms with Crippen LogP contribution in [0.5, 0.6) is 5.75 Å². The second-order valence-corrected chi connectivity index (χ2v) is 6.33. The summed E-state index contributed by atoms with van der Waals surface area (Å²) in [5, 5.41) is 0. The van der Waals surface area contributed by atoms with Crippen LogP contribution in [0.2, 0.25) is 0 Å².